The van der Waals surface area contributed by atoms with Crippen molar-refractivity contribution in [3.8, 4) is 28.1 Å². The third-order valence-electron chi connectivity index (χ3n) is 8.60. The van der Waals surface area contributed by atoms with Crippen molar-refractivity contribution in [1.82, 2.24) is 4.57 Å². The lowest BCUT2D eigenvalue weighted by Crippen LogP contribution is -1.93. The van der Waals surface area contributed by atoms with Gasteiger partial charge in [-0.05, 0) is 46.0 Å². The van der Waals surface area contributed by atoms with Gasteiger partial charge in [-0.2, -0.15) is 0 Å². The lowest BCUT2D eigenvalue weighted by atomic mass is 9.92. The summed E-state index contributed by atoms with van der Waals surface area (Å²) in [7, 11) is 0. The number of fused-ring (bicyclic) bond motifs is 9. The molecule has 0 fully saturated rings. The van der Waals surface area contributed by atoms with E-state index in [-0.39, 0.29) is 0 Å². The van der Waals surface area contributed by atoms with Gasteiger partial charge in [-0.15, -0.1) is 0 Å². The number of furan rings is 1. The number of rotatable bonds is 3. The fraction of sp³-hybridized carbons (Fsp3) is 0. The minimum atomic E-state index is 0.900. The third kappa shape index (κ3) is 3.27. The van der Waals surface area contributed by atoms with Gasteiger partial charge >= 0.3 is 0 Å². The molecule has 42 heavy (non-hydrogen) atoms. The average molecular weight is 536 g/mol. The Morgan fingerprint density at radius 3 is 1.52 bits per heavy atom. The summed E-state index contributed by atoms with van der Waals surface area (Å²) in [5.41, 5.74) is 7.84. The number of hydrogen-bond donors (Lipinski definition) is 0. The molecule has 0 aliphatic carbocycles. The van der Waals surface area contributed by atoms with E-state index in [1.165, 1.54) is 38.0 Å². The Balaban J connectivity index is 1.35. The fourth-order valence-electron chi connectivity index (χ4n) is 6.78. The Morgan fingerprint density at radius 1 is 0.381 bits per heavy atom. The molecule has 0 bridgehead atoms. The van der Waals surface area contributed by atoms with Crippen LogP contribution < -0.4 is 0 Å². The molecular formula is C40H25NO. The van der Waals surface area contributed by atoms with Gasteiger partial charge in [0.05, 0.1) is 11.0 Å². The largest absolute Gasteiger partial charge is 0.455 e. The van der Waals surface area contributed by atoms with Crippen molar-refractivity contribution in [2.45, 2.75) is 0 Å². The molecule has 2 heteroatoms. The molecule has 2 aromatic heterocycles. The van der Waals surface area contributed by atoms with Crippen LogP contribution in [-0.4, -0.2) is 4.57 Å². The monoisotopic (exact) mass is 535 g/mol. The van der Waals surface area contributed by atoms with Gasteiger partial charge in [-0.1, -0.05) is 127 Å². The van der Waals surface area contributed by atoms with Gasteiger partial charge < -0.3 is 8.98 Å². The van der Waals surface area contributed by atoms with E-state index < -0.39 is 0 Å². The first kappa shape index (κ1) is 23.1. The zero-order valence-corrected chi connectivity index (χ0v) is 22.8. The minimum absolute atomic E-state index is 0.900. The highest BCUT2D eigenvalue weighted by Crippen LogP contribution is 2.47. The molecule has 7 aromatic carbocycles. The van der Waals surface area contributed by atoms with Crippen LogP contribution in [0.5, 0.6) is 0 Å². The molecule has 2 heterocycles. The predicted molar refractivity (Wildman–Crippen MR) is 176 cm³/mol. The van der Waals surface area contributed by atoms with Gasteiger partial charge in [0, 0.05) is 38.4 Å². The number of nitrogens with zero attached hydrogens (tertiary/aromatic N) is 1. The molecule has 0 N–H and O–H groups in total. The smallest absolute Gasteiger partial charge is 0.143 e. The van der Waals surface area contributed by atoms with Gasteiger partial charge in [0.25, 0.3) is 0 Å². The summed E-state index contributed by atoms with van der Waals surface area (Å²) in [6, 6.07) is 54.0. The maximum Gasteiger partial charge on any atom is 0.143 e. The quantitative estimate of drug-likeness (QED) is 0.206. The van der Waals surface area contributed by atoms with Gasteiger partial charge in [0.15, 0.2) is 0 Å². The molecule has 0 saturated heterocycles. The number of hydrogen-bond acceptors (Lipinski definition) is 1. The zero-order chi connectivity index (χ0) is 27.6. The molecule has 9 rings (SSSR count). The molecule has 9 aromatic rings. The van der Waals surface area contributed by atoms with Crippen LogP contribution in [0.15, 0.2) is 156 Å². The molecule has 0 aliphatic rings. The number of para-hydroxylation sites is 2. The van der Waals surface area contributed by atoms with Crippen LogP contribution >= 0.6 is 0 Å². The van der Waals surface area contributed by atoms with Crippen LogP contribution in [0.3, 0.4) is 0 Å². The Kier molecular flexibility index (Phi) is 4.93. The highest BCUT2D eigenvalue weighted by Gasteiger charge is 2.22. The lowest BCUT2D eigenvalue weighted by molar-refractivity contribution is 0.636. The van der Waals surface area contributed by atoms with E-state index in [9.17, 15) is 0 Å². The summed E-state index contributed by atoms with van der Waals surface area (Å²) < 4.78 is 9.24. The number of benzene rings is 7. The average Bonchev–Trinajstić information content (AvgIpc) is 3.63. The molecular weight excluding hydrogens is 510 g/mol. The summed E-state index contributed by atoms with van der Waals surface area (Å²) in [6.07, 6.45) is 0. The number of aromatic nitrogens is 1. The molecule has 196 valence electrons. The molecule has 0 atom stereocenters. The second-order valence-electron chi connectivity index (χ2n) is 10.9. The van der Waals surface area contributed by atoms with E-state index in [1.807, 2.05) is 0 Å². The Morgan fingerprint density at radius 2 is 0.881 bits per heavy atom. The molecule has 0 radical (unpaired) electrons. The SMILES string of the molecule is c1ccc(-c2oc3c4ccccc4c4ccccc4c3c2-c2ccc(-n3c4ccccc4c4ccccc43)cc2)cc1. The van der Waals surface area contributed by atoms with E-state index in [0.29, 0.717) is 0 Å². The van der Waals surface area contributed by atoms with Crippen molar-refractivity contribution >= 4 is 54.3 Å². The fourth-order valence-corrected chi connectivity index (χ4v) is 6.78. The van der Waals surface area contributed by atoms with Crippen molar-refractivity contribution in [2.75, 3.05) is 0 Å². The van der Waals surface area contributed by atoms with Crippen molar-refractivity contribution in [1.29, 1.82) is 0 Å². The van der Waals surface area contributed by atoms with Gasteiger partial charge in [-0.25, -0.2) is 0 Å². The van der Waals surface area contributed by atoms with Crippen molar-refractivity contribution in [2.24, 2.45) is 0 Å². The predicted octanol–water partition coefficient (Wildman–Crippen LogP) is 11.2. The Labute approximate surface area is 242 Å². The third-order valence-corrected chi connectivity index (χ3v) is 8.60. The van der Waals surface area contributed by atoms with Crippen LogP contribution in [0.4, 0.5) is 0 Å². The van der Waals surface area contributed by atoms with Crippen LogP contribution in [0.2, 0.25) is 0 Å². The highest BCUT2D eigenvalue weighted by molar-refractivity contribution is 6.28. The summed E-state index contributed by atoms with van der Waals surface area (Å²) in [5, 5.41) is 8.49. The first-order valence-corrected chi connectivity index (χ1v) is 14.4. The Hall–Kier alpha value is -5.60. The van der Waals surface area contributed by atoms with Crippen LogP contribution in [0, 0.1) is 0 Å². The van der Waals surface area contributed by atoms with Crippen LogP contribution in [-0.2, 0) is 0 Å². The van der Waals surface area contributed by atoms with E-state index in [2.05, 4.69) is 156 Å². The standard InChI is InChI=1S/C40H25NO/c1-2-12-27(13-3-1)39-37(38-33-18-6-4-14-29(33)30-15-5-7-19-34(30)40(38)42-39)26-22-24-28(25-23-26)41-35-20-10-8-16-31(35)32-17-9-11-21-36(32)41/h1-25H. The molecule has 0 saturated carbocycles. The topological polar surface area (TPSA) is 18.1 Å². The van der Waals surface area contributed by atoms with Gasteiger partial charge in [0.2, 0.25) is 0 Å². The lowest BCUT2D eigenvalue weighted by Gasteiger charge is -2.11. The minimum Gasteiger partial charge on any atom is -0.455 e. The second kappa shape index (κ2) is 8.95. The van der Waals surface area contributed by atoms with Gasteiger partial charge in [-0.3, -0.25) is 0 Å². The molecule has 2 nitrogen and oxygen atoms in total. The van der Waals surface area contributed by atoms with Crippen molar-refractivity contribution < 1.29 is 4.42 Å². The maximum atomic E-state index is 6.87. The highest BCUT2D eigenvalue weighted by atomic mass is 16.3. The zero-order valence-electron chi connectivity index (χ0n) is 22.8. The molecule has 0 spiro atoms. The second-order valence-corrected chi connectivity index (χ2v) is 10.9. The summed E-state index contributed by atoms with van der Waals surface area (Å²) in [5.74, 6) is 0.900. The molecule has 0 unspecified atom stereocenters. The summed E-state index contributed by atoms with van der Waals surface area (Å²) in [4.78, 5) is 0. The van der Waals surface area contributed by atoms with E-state index in [1.54, 1.807) is 0 Å². The van der Waals surface area contributed by atoms with E-state index in [0.717, 1.165) is 44.5 Å². The van der Waals surface area contributed by atoms with Crippen LogP contribution in [0.1, 0.15) is 0 Å². The van der Waals surface area contributed by atoms with E-state index >= 15 is 0 Å². The normalized spacial score (nSPS) is 11.8. The summed E-state index contributed by atoms with van der Waals surface area (Å²) in [6.45, 7) is 0. The van der Waals surface area contributed by atoms with Gasteiger partial charge in [0.1, 0.15) is 11.3 Å². The molecule has 0 amide bonds. The van der Waals surface area contributed by atoms with Crippen molar-refractivity contribution in [3.63, 3.8) is 0 Å². The Bertz CT molecular complexity index is 2390. The molecule has 0 aliphatic heterocycles. The maximum absolute atomic E-state index is 6.87. The first-order valence-electron chi connectivity index (χ1n) is 14.4. The van der Waals surface area contributed by atoms with Crippen LogP contribution in [0.25, 0.3) is 82.5 Å². The van der Waals surface area contributed by atoms with Crippen molar-refractivity contribution in [3.05, 3.63) is 152 Å². The van der Waals surface area contributed by atoms with E-state index in [4.69, 9.17) is 4.42 Å². The first-order chi connectivity index (χ1) is 20.9. The summed E-state index contributed by atoms with van der Waals surface area (Å²) >= 11 is 0.